The van der Waals surface area contributed by atoms with Crippen molar-refractivity contribution in [1.82, 2.24) is 13.5 Å². The van der Waals surface area contributed by atoms with Crippen LogP contribution < -0.4 is 0 Å². The summed E-state index contributed by atoms with van der Waals surface area (Å²) >= 11 is 0. The van der Waals surface area contributed by atoms with Gasteiger partial charge in [-0.1, -0.05) is 0 Å². The third-order valence-corrected chi connectivity index (χ3v) is 7.06. The third kappa shape index (κ3) is 2.87. The molecular weight excluding hydrogens is 326 g/mol. The molecule has 0 aromatic heterocycles. The highest BCUT2D eigenvalue weighted by Gasteiger charge is 2.59. The van der Waals surface area contributed by atoms with E-state index in [2.05, 4.69) is 0 Å². The Morgan fingerprint density at radius 3 is 2.43 bits per heavy atom. The lowest BCUT2D eigenvalue weighted by atomic mass is 9.81. The van der Waals surface area contributed by atoms with Crippen molar-refractivity contribution < 1.29 is 28.2 Å². The van der Waals surface area contributed by atoms with Crippen LogP contribution in [0.5, 0.6) is 0 Å². The lowest BCUT2D eigenvalue weighted by Crippen LogP contribution is -2.49. The van der Waals surface area contributed by atoms with Crippen LogP contribution in [-0.4, -0.2) is 104 Å². The van der Waals surface area contributed by atoms with Gasteiger partial charge in [0.15, 0.2) is 0 Å². The van der Waals surface area contributed by atoms with E-state index >= 15 is 0 Å². The summed E-state index contributed by atoms with van der Waals surface area (Å²) in [6, 6.07) is 0. The Bertz CT molecular complexity index is 564. The number of likely N-dealkylation sites (tertiary alicyclic amines) is 1. The van der Waals surface area contributed by atoms with E-state index < -0.39 is 21.6 Å². The summed E-state index contributed by atoms with van der Waals surface area (Å²) in [7, 11) is -3.65. The van der Waals surface area contributed by atoms with Crippen LogP contribution in [0.2, 0.25) is 0 Å². The number of fused-ring (bicyclic) bond motifs is 1. The highest BCUT2D eigenvalue weighted by atomic mass is 32.2. The molecule has 10 heteroatoms. The predicted molar refractivity (Wildman–Crippen MR) is 80.0 cm³/mol. The van der Waals surface area contributed by atoms with Crippen molar-refractivity contribution in [3.8, 4) is 0 Å². The number of carbonyl (C=O) groups is 1. The van der Waals surface area contributed by atoms with E-state index in [-0.39, 0.29) is 32.2 Å². The van der Waals surface area contributed by atoms with Crippen molar-refractivity contribution in [3.63, 3.8) is 0 Å². The molecule has 0 aromatic rings. The molecule has 0 aromatic carbocycles. The first-order valence-corrected chi connectivity index (χ1v) is 9.19. The number of carboxylic acid groups (broad SMARTS) is 1. The van der Waals surface area contributed by atoms with Crippen molar-refractivity contribution in [2.45, 2.75) is 0 Å². The zero-order valence-electron chi connectivity index (χ0n) is 12.9. The molecule has 0 unspecified atom stereocenters. The van der Waals surface area contributed by atoms with Crippen molar-refractivity contribution >= 4 is 16.2 Å². The molecule has 23 heavy (non-hydrogen) atoms. The van der Waals surface area contributed by atoms with Crippen LogP contribution in [-0.2, 0) is 19.7 Å². The second kappa shape index (κ2) is 6.26. The number of hydrogen-bond acceptors (Lipinski definition) is 6. The molecule has 3 aliphatic heterocycles. The lowest BCUT2D eigenvalue weighted by Gasteiger charge is -2.31. The van der Waals surface area contributed by atoms with Crippen LogP contribution in [0.15, 0.2) is 0 Å². The normalized spacial score (nSPS) is 33.9. The maximum Gasteiger partial charge on any atom is 0.312 e. The largest absolute Gasteiger partial charge is 0.481 e. The monoisotopic (exact) mass is 349 g/mol. The minimum absolute atomic E-state index is 0.00534. The lowest BCUT2D eigenvalue weighted by molar-refractivity contribution is -0.148. The van der Waals surface area contributed by atoms with Crippen molar-refractivity contribution in [1.29, 1.82) is 0 Å². The number of aliphatic hydroxyl groups excluding tert-OH is 1. The standard InChI is InChI=1S/C13H23N3O6S/c17-4-1-14-7-11-8-16(10-13(11,9-14)12(18)19)23(20,21)15-2-5-22-6-3-15/h11,17H,1-10H2,(H,18,19)/t11-,13-/m1/s1. The average Bonchev–Trinajstić information content (AvgIpc) is 3.04. The van der Waals surface area contributed by atoms with Gasteiger partial charge in [-0.15, -0.1) is 0 Å². The van der Waals surface area contributed by atoms with Crippen LogP contribution in [0.4, 0.5) is 0 Å². The SMILES string of the molecule is O=C(O)[C@@]12CN(CCO)C[C@@H]1CN(S(=O)(=O)N1CCOCC1)C2. The van der Waals surface area contributed by atoms with Crippen LogP contribution in [0.1, 0.15) is 0 Å². The predicted octanol–water partition coefficient (Wildman–Crippen LogP) is -2.13. The van der Waals surface area contributed by atoms with Gasteiger partial charge in [-0.3, -0.25) is 9.69 Å². The summed E-state index contributed by atoms with van der Waals surface area (Å²) in [6.45, 7) is 2.73. The summed E-state index contributed by atoms with van der Waals surface area (Å²) in [5, 5.41) is 18.8. The van der Waals surface area contributed by atoms with Gasteiger partial charge in [-0.25, -0.2) is 0 Å². The van der Waals surface area contributed by atoms with E-state index in [9.17, 15) is 18.3 Å². The molecule has 3 aliphatic rings. The van der Waals surface area contributed by atoms with E-state index in [0.29, 0.717) is 39.4 Å². The van der Waals surface area contributed by atoms with Crippen molar-refractivity contribution in [3.05, 3.63) is 0 Å². The minimum Gasteiger partial charge on any atom is -0.481 e. The number of aliphatic hydroxyl groups is 1. The molecule has 0 amide bonds. The zero-order chi connectivity index (χ0) is 16.7. The number of ether oxygens (including phenoxy) is 1. The molecule has 0 bridgehead atoms. The summed E-state index contributed by atoms with van der Waals surface area (Å²) in [6.07, 6.45) is 0. The Morgan fingerprint density at radius 1 is 1.17 bits per heavy atom. The number of rotatable bonds is 5. The first-order chi connectivity index (χ1) is 10.9. The van der Waals surface area contributed by atoms with Gasteiger partial charge in [0.05, 0.1) is 25.2 Å². The molecule has 0 radical (unpaired) electrons. The third-order valence-electron chi connectivity index (χ3n) is 5.11. The molecule has 132 valence electrons. The molecule has 3 fully saturated rings. The number of hydrogen-bond donors (Lipinski definition) is 2. The van der Waals surface area contributed by atoms with E-state index in [4.69, 9.17) is 9.84 Å². The van der Waals surface area contributed by atoms with Gasteiger partial charge in [0.25, 0.3) is 10.2 Å². The van der Waals surface area contributed by atoms with E-state index in [1.807, 2.05) is 4.90 Å². The van der Waals surface area contributed by atoms with Gasteiger partial charge in [-0.05, 0) is 0 Å². The fourth-order valence-electron chi connectivity index (χ4n) is 3.85. The van der Waals surface area contributed by atoms with Gasteiger partial charge in [-0.2, -0.15) is 17.0 Å². The molecule has 3 rings (SSSR count). The van der Waals surface area contributed by atoms with Gasteiger partial charge >= 0.3 is 5.97 Å². The fraction of sp³-hybridized carbons (Fsp3) is 0.923. The Hall–Kier alpha value is -0.780. The summed E-state index contributed by atoms with van der Waals surface area (Å²) in [4.78, 5) is 13.8. The minimum atomic E-state index is -3.65. The number of nitrogens with zero attached hydrogens (tertiary/aromatic N) is 3. The molecular formula is C13H23N3O6S. The smallest absolute Gasteiger partial charge is 0.312 e. The van der Waals surface area contributed by atoms with Crippen LogP contribution in [0.25, 0.3) is 0 Å². The van der Waals surface area contributed by atoms with Crippen LogP contribution in [0, 0.1) is 11.3 Å². The number of morpholine rings is 1. The van der Waals surface area contributed by atoms with Crippen molar-refractivity contribution in [2.24, 2.45) is 11.3 Å². The molecule has 3 saturated heterocycles. The Balaban J connectivity index is 1.78. The number of β-amino-alcohol motifs (C(OH)–C–C–N with tert-alkyl or cyclic N) is 1. The summed E-state index contributed by atoms with van der Waals surface area (Å²) in [5.74, 6) is -1.20. The van der Waals surface area contributed by atoms with Crippen molar-refractivity contribution in [2.75, 3.05) is 65.6 Å². The molecule has 0 aliphatic carbocycles. The number of carboxylic acids is 1. The number of aliphatic carboxylic acids is 1. The molecule has 2 atom stereocenters. The van der Waals surface area contributed by atoms with E-state index in [0.717, 1.165) is 0 Å². The van der Waals surface area contributed by atoms with Gasteiger partial charge < -0.3 is 14.9 Å². The second-order valence-corrected chi connectivity index (χ2v) is 8.36. The maximum absolute atomic E-state index is 12.7. The quantitative estimate of drug-likeness (QED) is 0.583. The highest BCUT2D eigenvalue weighted by Crippen LogP contribution is 2.44. The van der Waals surface area contributed by atoms with E-state index in [1.165, 1.54) is 8.61 Å². The molecule has 9 nitrogen and oxygen atoms in total. The first-order valence-electron chi connectivity index (χ1n) is 7.80. The van der Waals surface area contributed by atoms with E-state index in [1.54, 1.807) is 0 Å². The van der Waals surface area contributed by atoms with Crippen LogP contribution in [0.3, 0.4) is 0 Å². The molecule has 0 saturated carbocycles. The summed E-state index contributed by atoms with van der Waals surface area (Å²) in [5.41, 5.74) is -1.07. The van der Waals surface area contributed by atoms with Crippen LogP contribution >= 0.6 is 0 Å². The fourth-order valence-corrected chi connectivity index (χ4v) is 5.55. The van der Waals surface area contributed by atoms with Gasteiger partial charge in [0.1, 0.15) is 0 Å². The molecule has 2 N–H and O–H groups in total. The topological polar surface area (TPSA) is 111 Å². The molecule has 0 spiro atoms. The zero-order valence-corrected chi connectivity index (χ0v) is 13.7. The Kier molecular flexibility index (Phi) is 4.64. The second-order valence-electron chi connectivity index (χ2n) is 6.43. The molecule has 3 heterocycles. The Labute approximate surface area is 135 Å². The first kappa shape index (κ1) is 17.1. The van der Waals surface area contributed by atoms with Gasteiger partial charge in [0, 0.05) is 51.7 Å². The average molecular weight is 349 g/mol. The highest BCUT2D eigenvalue weighted by molar-refractivity contribution is 7.86. The summed E-state index contributed by atoms with van der Waals surface area (Å²) < 4.78 is 33.4. The Morgan fingerprint density at radius 2 is 1.87 bits per heavy atom. The maximum atomic E-state index is 12.7. The van der Waals surface area contributed by atoms with Gasteiger partial charge in [0.2, 0.25) is 0 Å².